The SMILES string of the molecule is CCCP(Cl)(Br)(Br)Br. The number of halogens is 4. The van der Waals surface area contributed by atoms with Crippen LogP contribution in [0, 0.1) is 0 Å². The van der Waals surface area contributed by atoms with E-state index in [0.717, 1.165) is 12.6 Å². The quantitative estimate of drug-likeness (QED) is 0.613. The van der Waals surface area contributed by atoms with Crippen molar-refractivity contribution in [2.45, 2.75) is 13.3 Å². The molecule has 0 saturated carbocycles. The Morgan fingerprint density at radius 1 is 1.38 bits per heavy atom. The van der Waals surface area contributed by atoms with Crippen molar-refractivity contribution in [2.75, 3.05) is 6.16 Å². The fourth-order valence-electron chi connectivity index (χ4n) is 0.338. The van der Waals surface area contributed by atoms with Gasteiger partial charge in [0.1, 0.15) is 0 Å². The van der Waals surface area contributed by atoms with Gasteiger partial charge in [0.05, 0.1) is 0 Å². The molecule has 0 rings (SSSR count). The van der Waals surface area contributed by atoms with Crippen molar-refractivity contribution in [1.29, 1.82) is 0 Å². The van der Waals surface area contributed by atoms with Crippen LogP contribution >= 0.6 is 59.8 Å². The Hall–Kier alpha value is 2.16. The molecule has 0 bridgehead atoms. The Morgan fingerprint density at radius 3 is 1.75 bits per heavy atom. The summed E-state index contributed by atoms with van der Waals surface area (Å²) in [5.74, 6) is 0. The van der Waals surface area contributed by atoms with Gasteiger partial charge in [0, 0.05) is 0 Å². The molecule has 8 heavy (non-hydrogen) atoms. The summed E-state index contributed by atoms with van der Waals surface area (Å²) in [4.78, 5) is 0. The topological polar surface area (TPSA) is 0 Å². The number of hydrogen-bond acceptors (Lipinski definition) is 0. The van der Waals surface area contributed by atoms with E-state index in [1.807, 2.05) is 0 Å². The van der Waals surface area contributed by atoms with Crippen molar-refractivity contribution < 1.29 is 0 Å². The van der Waals surface area contributed by atoms with Gasteiger partial charge in [-0.15, -0.1) is 0 Å². The number of hydrogen-bond donors (Lipinski definition) is 0. The van der Waals surface area contributed by atoms with Crippen molar-refractivity contribution in [1.82, 2.24) is 0 Å². The molecular weight excluding hydrogens is 342 g/mol. The van der Waals surface area contributed by atoms with Gasteiger partial charge in [-0.2, -0.15) is 0 Å². The average Bonchev–Trinajstić information content (AvgIpc) is 1.25. The van der Waals surface area contributed by atoms with E-state index < -0.39 is 2.06 Å². The minimum absolute atomic E-state index is 0.952. The fourth-order valence-corrected chi connectivity index (χ4v) is 4.71. The van der Waals surface area contributed by atoms with E-state index in [1.54, 1.807) is 0 Å². The fraction of sp³-hybridized carbons (Fsp3) is 1.00. The standard InChI is InChI=1S/C3H7Br3ClP/c1-2-3-8(4,5,6)7/h2-3H2,1H3. The molecule has 0 spiro atoms. The molecule has 0 N–H and O–H groups in total. The Labute approximate surface area is 78.7 Å². The molecule has 0 amide bonds. The van der Waals surface area contributed by atoms with Crippen molar-refractivity contribution in [3.8, 4) is 0 Å². The molecule has 0 aliphatic heterocycles. The molecule has 0 atom stereocenters. The summed E-state index contributed by atoms with van der Waals surface area (Å²) in [6, 6.07) is 0. The zero-order chi connectivity index (χ0) is 6.86. The first kappa shape index (κ1) is 10.2. The molecule has 0 fully saturated rings. The van der Waals surface area contributed by atoms with Gasteiger partial charge in [-0.3, -0.25) is 0 Å². The van der Waals surface area contributed by atoms with Gasteiger partial charge in [0.15, 0.2) is 0 Å². The predicted octanol–water partition coefficient (Wildman–Crippen LogP) is 5.03. The average molecular weight is 349 g/mol. The molecule has 0 heterocycles. The monoisotopic (exact) mass is 346 g/mol. The summed E-state index contributed by atoms with van der Waals surface area (Å²) in [5.41, 5.74) is 0. The summed E-state index contributed by atoms with van der Waals surface area (Å²) >= 11 is 16.1. The van der Waals surface area contributed by atoms with E-state index in [1.165, 1.54) is 0 Å². The van der Waals surface area contributed by atoms with Gasteiger partial charge in [-0.1, -0.05) is 0 Å². The Morgan fingerprint density at radius 2 is 1.75 bits per heavy atom. The van der Waals surface area contributed by atoms with Crippen LogP contribution in [0.5, 0.6) is 0 Å². The molecule has 0 nitrogen and oxygen atoms in total. The zero-order valence-electron chi connectivity index (χ0n) is 4.37. The van der Waals surface area contributed by atoms with Crippen LogP contribution in [0.15, 0.2) is 0 Å². The molecule has 0 aromatic rings. The normalized spacial score (nSPS) is 17.4. The van der Waals surface area contributed by atoms with Crippen LogP contribution in [-0.2, 0) is 0 Å². The van der Waals surface area contributed by atoms with Crippen LogP contribution in [-0.4, -0.2) is 6.16 Å². The van der Waals surface area contributed by atoms with Crippen molar-refractivity contribution in [3.05, 3.63) is 0 Å². The Bertz CT molecular complexity index is 77.0. The molecule has 52 valence electrons. The predicted molar refractivity (Wildman–Crippen MR) is 54.7 cm³/mol. The van der Waals surface area contributed by atoms with Gasteiger partial charge < -0.3 is 0 Å². The van der Waals surface area contributed by atoms with Crippen LogP contribution in [0.4, 0.5) is 0 Å². The van der Waals surface area contributed by atoms with Crippen molar-refractivity contribution in [3.63, 3.8) is 0 Å². The molecule has 5 heteroatoms. The van der Waals surface area contributed by atoms with E-state index in [-0.39, 0.29) is 0 Å². The van der Waals surface area contributed by atoms with E-state index >= 15 is 0 Å². The first-order chi connectivity index (χ1) is 3.31. The molecular formula is C3H7Br3ClP. The first-order valence-electron chi connectivity index (χ1n) is 2.20. The van der Waals surface area contributed by atoms with Gasteiger partial charge in [-0.05, 0) is 0 Å². The maximum atomic E-state index is 5.97. The second kappa shape index (κ2) is 3.04. The Balaban J connectivity index is 3.73. The summed E-state index contributed by atoms with van der Waals surface area (Å²) in [6.07, 6.45) is 2.02. The van der Waals surface area contributed by atoms with E-state index in [0.29, 0.717) is 0 Å². The van der Waals surface area contributed by atoms with Crippen molar-refractivity contribution >= 4 is 59.8 Å². The van der Waals surface area contributed by atoms with Crippen LogP contribution in [0.3, 0.4) is 0 Å². The van der Waals surface area contributed by atoms with Gasteiger partial charge in [0.2, 0.25) is 0 Å². The minimum atomic E-state index is -2.20. The second-order valence-electron chi connectivity index (χ2n) is 1.59. The molecule has 0 aliphatic carbocycles. The van der Waals surface area contributed by atoms with Gasteiger partial charge in [0.25, 0.3) is 0 Å². The van der Waals surface area contributed by atoms with E-state index in [9.17, 15) is 0 Å². The summed E-state index contributed by atoms with van der Waals surface area (Å²) in [6.45, 7) is 2.09. The van der Waals surface area contributed by atoms with Crippen LogP contribution in [0.1, 0.15) is 13.3 Å². The third-order valence-electron chi connectivity index (χ3n) is 0.562. The number of rotatable bonds is 2. The molecule has 0 aromatic carbocycles. The van der Waals surface area contributed by atoms with Gasteiger partial charge >= 0.3 is 79.3 Å². The molecule has 0 radical (unpaired) electrons. The summed E-state index contributed by atoms with van der Waals surface area (Å²) < 4.78 is -2.20. The molecule has 0 saturated heterocycles. The van der Waals surface area contributed by atoms with E-state index in [4.69, 9.17) is 11.2 Å². The molecule has 0 unspecified atom stereocenters. The van der Waals surface area contributed by atoms with Crippen LogP contribution in [0.2, 0.25) is 0 Å². The summed E-state index contributed by atoms with van der Waals surface area (Å²) in [7, 11) is 0. The van der Waals surface area contributed by atoms with Crippen molar-refractivity contribution in [2.24, 2.45) is 0 Å². The zero-order valence-corrected chi connectivity index (χ0v) is 10.8. The van der Waals surface area contributed by atoms with Gasteiger partial charge in [-0.25, -0.2) is 0 Å². The Kier molecular flexibility index (Phi) is 3.86. The third-order valence-corrected chi connectivity index (χ3v) is 5.38. The van der Waals surface area contributed by atoms with Crippen LogP contribution in [0.25, 0.3) is 0 Å². The maximum absolute atomic E-state index is 5.97. The van der Waals surface area contributed by atoms with Crippen LogP contribution < -0.4 is 0 Å². The third kappa shape index (κ3) is 8.16. The first-order valence-corrected chi connectivity index (χ1v) is 11.6. The van der Waals surface area contributed by atoms with E-state index in [2.05, 4.69) is 53.4 Å². The second-order valence-corrected chi connectivity index (χ2v) is 32.3. The molecule has 0 aromatic heterocycles. The summed E-state index contributed by atoms with van der Waals surface area (Å²) in [5, 5.41) is 0. The molecule has 0 aliphatic rings.